The van der Waals surface area contributed by atoms with Crippen LogP contribution in [0.25, 0.3) is 11.1 Å². The van der Waals surface area contributed by atoms with Crippen LogP contribution in [-0.2, 0) is 0 Å². The summed E-state index contributed by atoms with van der Waals surface area (Å²) in [5.41, 5.74) is 1.64. The lowest BCUT2D eigenvalue weighted by molar-refractivity contribution is -0.384. The molecule has 0 fully saturated rings. The molecule has 0 spiro atoms. The van der Waals surface area contributed by atoms with Crippen molar-refractivity contribution in [2.75, 3.05) is 7.11 Å². The number of halogens is 1. The van der Waals surface area contributed by atoms with E-state index in [1.165, 1.54) is 19.2 Å². The van der Waals surface area contributed by atoms with Crippen LogP contribution in [0.5, 0.6) is 5.75 Å². The van der Waals surface area contributed by atoms with Gasteiger partial charge in [-0.2, -0.15) is 0 Å². The van der Waals surface area contributed by atoms with E-state index in [0.717, 1.165) is 0 Å². The number of methoxy groups -OCH3 is 1. The number of hydrogen-bond acceptors (Lipinski definition) is 4. The van der Waals surface area contributed by atoms with Crippen LogP contribution in [0.15, 0.2) is 42.5 Å². The first-order valence-corrected chi connectivity index (χ1v) is 6.03. The van der Waals surface area contributed by atoms with Gasteiger partial charge in [0.05, 0.1) is 18.1 Å². The molecule has 6 heteroatoms. The van der Waals surface area contributed by atoms with Gasteiger partial charge in [0.25, 0.3) is 10.9 Å². The Morgan fingerprint density at radius 2 is 2.00 bits per heavy atom. The highest BCUT2D eigenvalue weighted by molar-refractivity contribution is 6.67. The van der Waals surface area contributed by atoms with Gasteiger partial charge in [-0.1, -0.05) is 18.2 Å². The molecule has 0 aromatic heterocycles. The van der Waals surface area contributed by atoms with Crippen molar-refractivity contribution in [1.29, 1.82) is 0 Å². The van der Waals surface area contributed by atoms with Crippen molar-refractivity contribution in [3.8, 4) is 16.9 Å². The summed E-state index contributed by atoms with van der Waals surface area (Å²) in [4.78, 5) is 21.4. The summed E-state index contributed by atoms with van der Waals surface area (Å²) in [5, 5.41) is 10.2. The minimum Gasteiger partial charge on any atom is -0.496 e. The average Bonchev–Trinajstić information content (AvgIpc) is 2.46. The number of non-ortho nitro benzene ring substituents is 1. The summed E-state index contributed by atoms with van der Waals surface area (Å²) in [7, 11) is 1.43. The van der Waals surface area contributed by atoms with Crippen LogP contribution in [-0.4, -0.2) is 17.3 Å². The van der Waals surface area contributed by atoms with E-state index in [-0.39, 0.29) is 5.69 Å². The molecule has 0 saturated carbocycles. The second-order valence-electron chi connectivity index (χ2n) is 4.00. The van der Waals surface area contributed by atoms with Crippen LogP contribution in [0, 0.1) is 10.1 Å². The molecule has 102 valence electrons. The summed E-state index contributed by atoms with van der Waals surface area (Å²) in [5.74, 6) is 0.360. The third-order valence-corrected chi connectivity index (χ3v) is 3.01. The van der Waals surface area contributed by atoms with E-state index in [9.17, 15) is 14.9 Å². The van der Waals surface area contributed by atoms with Crippen molar-refractivity contribution in [2.45, 2.75) is 0 Å². The molecule has 0 amide bonds. The first kappa shape index (κ1) is 14.0. The highest BCUT2D eigenvalue weighted by atomic mass is 35.5. The fraction of sp³-hybridized carbons (Fsp3) is 0.0714. The number of hydrogen-bond donors (Lipinski definition) is 0. The van der Waals surface area contributed by atoms with Crippen LogP contribution < -0.4 is 4.74 Å². The number of nitro groups is 1. The van der Waals surface area contributed by atoms with E-state index in [1.807, 2.05) is 0 Å². The molecule has 0 aliphatic heterocycles. The lowest BCUT2D eigenvalue weighted by Crippen LogP contribution is -1.94. The Labute approximate surface area is 119 Å². The number of carbonyl (C=O) groups excluding carboxylic acids is 1. The van der Waals surface area contributed by atoms with Crippen molar-refractivity contribution in [3.05, 3.63) is 58.1 Å². The van der Waals surface area contributed by atoms with Crippen molar-refractivity contribution in [1.82, 2.24) is 0 Å². The fourth-order valence-corrected chi connectivity index (χ4v) is 1.96. The predicted octanol–water partition coefficient (Wildman–Crippen LogP) is 3.65. The van der Waals surface area contributed by atoms with E-state index >= 15 is 0 Å². The van der Waals surface area contributed by atoms with Crippen LogP contribution >= 0.6 is 11.6 Å². The number of nitro benzene ring substituents is 1. The second kappa shape index (κ2) is 5.71. The maximum absolute atomic E-state index is 11.2. The minimum atomic E-state index is -0.562. The highest BCUT2D eigenvalue weighted by Crippen LogP contribution is 2.33. The maximum atomic E-state index is 11.2. The Kier molecular flexibility index (Phi) is 4.00. The normalized spacial score (nSPS) is 10.1. The van der Waals surface area contributed by atoms with Gasteiger partial charge < -0.3 is 4.74 Å². The molecular formula is C14H10ClNO4. The molecule has 0 unspecified atom stereocenters. The molecule has 0 radical (unpaired) electrons. The van der Waals surface area contributed by atoms with Crippen molar-refractivity contribution in [3.63, 3.8) is 0 Å². The molecule has 2 rings (SSSR count). The molecule has 0 atom stereocenters. The van der Waals surface area contributed by atoms with Gasteiger partial charge in [-0.25, -0.2) is 0 Å². The Morgan fingerprint density at radius 3 is 2.60 bits per heavy atom. The average molecular weight is 292 g/mol. The number of carbonyl (C=O) groups is 1. The molecule has 0 N–H and O–H groups in total. The zero-order valence-corrected chi connectivity index (χ0v) is 11.3. The van der Waals surface area contributed by atoms with Gasteiger partial charge in [-0.05, 0) is 29.3 Å². The van der Waals surface area contributed by atoms with Gasteiger partial charge in [0.15, 0.2) is 0 Å². The van der Waals surface area contributed by atoms with Crippen molar-refractivity contribution < 1.29 is 14.5 Å². The summed E-state index contributed by atoms with van der Waals surface area (Å²) >= 11 is 5.44. The van der Waals surface area contributed by atoms with E-state index in [1.54, 1.807) is 30.3 Å². The number of benzene rings is 2. The first-order chi connectivity index (χ1) is 9.52. The van der Waals surface area contributed by atoms with Crippen molar-refractivity contribution >= 4 is 22.5 Å². The zero-order valence-electron chi connectivity index (χ0n) is 10.5. The van der Waals surface area contributed by atoms with E-state index < -0.39 is 10.2 Å². The van der Waals surface area contributed by atoms with Crippen LogP contribution in [0.3, 0.4) is 0 Å². The van der Waals surface area contributed by atoms with Crippen molar-refractivity contribution in [2.24, 2.45) is 0 Å². The zero-order chi connectivity index (χ0) is 14.7. The molecule has 20 heavy (non-hydrogen) atoms. The Balaban J connectivity index is 2.54. The SMILES string of the molecule is COc1cc([N+](=O)[O-])ccc1-c1cccc(C(=O)Cl)c1. The molecule has 0 heterocycles. The first-order valence-electron chi connectivity index (χ1n) is 5.65. The van der Waals surface area contributed by atoms with E-state index in [2.05, 4.69) is 0 Å². The number of nitrogens with zero attached hydrogens (tertiary/aromatic N) is 1. The molecular weight excluding hydrogens is 282 g/mol. The smallest absolute Gasteiger partial charge is 0.273 e. The monoisotopic (exact) mass is 291 g/mol. The topological polar surface area (TPSA) is 69.4 Å². The molecule has 0 bridgehead atoms. The van der Waals surface area contributed by atoms with Gasteiger partial charge in [0.1, 0.15) is 5.75 Å². The molecule has 0 saturated heterocycles. The highest BCUT2D eigenvalue weighted by Gasteiger charge is 2.13. The molecule has 0 aliphatic carbocycles. The summed E-state index contributed by atoms with van der Waals surface area (Å²) < 4.78 is 5.17. The quantitative estimate of drug-likeness (QED) is 0.490. The third-order valence-electron chi connectivity index (χ3n) is 2.80. The van der Waals surface area contributed by atoms with Gasteiger partial charge >= 0.3 is 0 Å². The summed E-state index contributed by atoms with van der Waals surface area (Å²) in [6, 6.07) is 11.0. The van der Waals surface area contributed by atoms with E-state index in [0.29, 0.717) is 22.4 Å². The lowest BCUT2D eigenvalue weighted by Gasteiger charge is -2.09. The van der Waals surface area contributed by atoms with Crippen LogP contribution in [0.2, 0.25) is 0 Å². The lowest BCUT2D eigenvalue weighted by atomic mass is 10.0. The van der Waals surface area contributed by atoms with Gasteiger partial charge in [-0.15, -0.1) is 0 Å². The molecule has 2 aromatic carbocycles. The van der Waals surface area contributed by atoms with Crippen LogP contribution in [0.4, 0.5) is 5.69 Å². The Bertz CT molecular complexity index is 685. The maximum Gasteiger partial charge on any atom is 0.273 e. The largest absolute Gasteiger partial charge is 0.496 e. The Hall–Kier alpha value is -2.40. The molecule has 0 aliphatic rings. The molecule has 5 nitrogen and oxygen atoms in total. The van der Waals surface area contributed by atoms with Gasteiger partial charge in [0.2, 0.25) is 0 Å². The second-order valence-corrected chi connectivity index (χ2v) is 4.34. The minimum absolute atomic E-state index is 0.0600. The summed E-state index contributed by atoms with van der Waals surface area (Å²) in [6.07, 6.45) is 0. The number of ether oxygens (including phenoxy) is 1. The standard InChI is InChI=1S/C14H10ClNO4/c1-20-13-8-11(16(18)19)5-6-12(13)9-3-2-4-10(7-9)14(15)17/h2-8H,1H3. The summed E-state index contributed by atoms with van der Waals surface area (Å²) in [6.45, 7) is 0. The fourth-order valence-electron chi connectivity index (χ4n) is 1.84. The predicted molar refractivity (Wildman–Crippen MR) is 75.3 cm³/mol. The number of rotatable bonds is 4. The Morgan fingerprint density at radius 1 is 1.25 bits per heavy atom. The van der Waals surface area contributed by atoms with Gasteiger partial charge in [-0.3, -0.25) is 14.9 Å². The third kappa shape index (κ3) is 2.78. The van der Waals surface area contributed by atoms with E-state index in [4.69, 9.17) is 16.3 Å². The van der Waals surface area contributed by atoms with Gasteiger partial charge in [0, 0.05) is 17.2 Å². The van der Waals surface area contributed by atoms with Crippen LogP contribution in [0.1, 0.15) is 10.4 Å². The molecule has 2 aromatic rings.